The molecule has 1 aliphatic carbocycles. The maximum absolute atomic E-state index is 6.52. The van der Waals surface area contributed by atoms with Crippen LogP contribution in [0.15, 0.2) is 199 Å². The molecule has 1 nitrogen and oxygen atoms in total. The van der Waals surface area contributed by atoms with Gasteiger partial charge in [0.2, 0.25) is 0 Å². The molecule has 0 bridgehead atoms. The molecule has 13 rings (SSSR count). The van der Waals surface area contributed by atoms with E-state index in [-0.39, 0.29) is 5.41 Å². The highest BCUT2D eigenvalue weighted by molar-refractivity contribution is 6.26. The van der Waals surface area contributed by atoms with Gasteiger partial charge in [-0.1, -0.05) is 184 Å². The first kappa shape index (κ1) is 33.5. The van der Waals surface area contributed by atoms with E-state index in [1.807, 2.05) is 6.07 Å². The fourth-order valence-electron chi connectivity index (χ4n) is 11.0. The Bertz CT molecular complexity index is 3740. The first-order chi connectivity index (χ1) is 29.5. The molecule has 11 aromatic carbocycles. The largest absolute Gasteiger partial charge is 0.455 e. The summed E-state index contributed by atoms with van der Waals surface area (Å²) in [6.07, 6.45) is 0. The van der Waals surface area contributed by atoms with E-state index in [0.29, 0.717) is 0 Å². The topological polar surface area (TPSA) is 13.1 Å². The molecule has 0 aliphatic heterocycles. The number of para-hydroxylation sites is 1. The van der Waals surface area contributed by atoms with Gasteiger partial charge in [0.05, 0.1) is 0 Å². The monoisotopic (exact) mass is 762 g/mol. The van der Waals surface area contributed by atoms with Gasteiger partial charge in [0.25, 0.3) is 0 Å². The number of furan rings is 1. The van der Waals surface area contributed by atoms with Gasteiger partial charge in [0, 0.05) is 21.6 Å². The van der Waals surface area contributed by atoms with E-state index in [9.17, 15) is 0 Å². The van der Waals surface area contributed by atoms with Gasteiger partial charge in [-0.25, -0.2) is 0 Å². The van der Waals surface area contributed by atoms with Gasteiger partial charge in [-0.15, -0.1) is 0 Å². The van der Waals surface area contributed by atoms with Crippen molar-refractivity contribution in [2.24, 2.45) is 0 Å². The van der Waals surface area contributed by atoms with Crippen LogP contribution in [-0.2, 0) is 5.41 Å². The molecular weight excluding hydrogens is 725 g/mol. The zero-order valence-electron chi connectivity index (χ0n) is 33.4. The lowest BCUT2D eigenvalue weighted by molar-refractivity contribution is 0.665. The summed E-state index contributed by atoms with van der Waals surface area (Å²) >= 11 is 0. The van der Waals surface area contributed by atoms with E-state index in [1.54, 1.807) is 0 Å². The summed E-state index contributed by atoms with van der Waals surface area (Å²) < 4.78 is 6.52. The van der Waals surface area contributed by atoms with Crippen LogP contribution in [0.3, 0.4) is 0 Å². The molecule has 0 spiro atoms. The molecule has 280 valence electrons. The number of hydrogen-bond acceptors (Lipinski definition) is 1. The summed E-state index contributed by atoms with van der Waals surface area (Å²) in [5, 5.41) is 14.9. The minimum absolute atomic E-state index is 0.172. The zero-order chi connectivity index (χ0) is 39.7. The number of benzene rings is 11. The highest BCUT2D eigenvalue weighted by atomic mass is 16.3. The SMILES string of the molecule is CC1(C)c2ccc(-c3ccc(-c4c5ccccc5c(-c5cccc6ccccc56)c5ccccc45)c4ccccc34)cc2-c2ccc3c(ccc4c5ccccc5oc34)c21. The normalized spacial score (nSPS) is 13.3. The van der Waals surface area contributed by atoms with Gasteiger partial charge in [-0.3, -0.25) is 0 Å². The number of rotatable bonds is 3. The summed E-state index contributed by atoms with van der Waals surface area (Å²) in [5.41, 5.74) is 14.7. The van der Waals surface area contributed by atoms with Crippen LogP contribution >= 0.6 is 0 Å². The van der Waals surface area contributed by atoms with Gasteiger partial charge in [-0.05, 0) is 128 Å². The molecule has 0 N–H and O–H groups in total. The minimum atomic E-state index is -0.172. The Kier molecular flexibility index (Phi) is 6.85. The molecule has 1 aromatic heterocycles. The van der Waals surface area contributed by atoms with Crippen molar-refractivity contribution in [3.63, 3.8) is 0 Å². The molecule has 1 heterocycles. The van der Waals surface area contributed by atoms with E-state index in [4.69, 9.17) is 4.42 Å². The third-order valence-electron chi connectivity index (χ3n) is 13.6. The van der Waals surface area contributed by atoms with Crippen molar-refractivity contribution in [1.29, 1.82) is 0 Å². The quantitative estimate of drug-likeness (QED) is 0.163. The summed E-state index contributed by atoms with van der Waals surface area (Å²) in [7, 11) is 0. The first-order valence-electron chi connectivity index (χ1n) is 21.0. The second-order valence-electron chi connectivity index (χ2n) is 17.1. The third kappa shape index (κ3) is 4.52. The molecule has 12 aromatic rings. The lowest BCUT2D eigenvalue weighted by atomic mass is 9.79. The van der Waals surface area contributed by atoms with Crippen LogP contribution in [-0.4, -0.2) is 0 Å². The second-order valence-corrected chi connectivity index (χ2v) is 17.1. The van der Waals surface area contributed by atoms with Crippen molar-refractivity contribution in [2.75, 3.05) is 0 Å². The van der Waals surface area contributed by atoms with Gasteiger partial charge in [0.15, 0.2) is 0 Å². The maximum atomic E-state index is 6.52. The smallest absolute Gasteiger partial charge is 0.143 e. The fourth-order valence-corrected chi connectivity index (χ4v) is 11.0. The molecule has 0 amide bonds. The van der Waals surface area contributed by atoms with Crippen molar-refractivity contribution >= 4 is 75.8 Å². The van der Waals surface area contributed by atoms with Crippen LogP contribution in [0.2, 0.25) is 0 Å². The molecule has 0 radical (unpaired) electrons. The van der Waals surface area contributed by atoms with E-state index >= 15 is 0 Å². The summed E-state index contributed by atoms with van der Waals surface area (Å²) in [4.78, 5) is 0. The Morgan fingerprint density at radius 3 is 1.55 bits per heavy atom. The summed E-state index contributed by atoms with van der Waals surface area (Å²) in [6, 6.07) is 71.9. The van der Waals surface area contributed by atoms with Gasteiger partial charge in [0.1, 0.15) is 11.2 Å². The summed E-state index contributed by atoms with van der Waals surface area (Å²) in [6.45, 7) is 4.76. The van der Waals surface area contributed by atoms with Crippen LogP contribution < -0.4 is 0 Å². The predicted molar refractivity (Wildman–Crippen MR) is 255 cm³/mol. The van der Waals surface area contributed by atoms with Crippen LogP contribution in [0.1, 0.15) is 25.0 Å². The Labute approximate surface area is 347 Å². The molecule has 0 atom stereocenters. The van der Waals surface area contributed by atoms with Crippen molar-refractivity contribution in [3.05, 3.63) is 205 Å². The molecule has 0 saturated heterocycles. The van der Waals surface area contributed by atoms with E-state index in [1.165, 1.54) is 120 Å². The fraction of sp³-hybridized carbons (Fsp3) is 0.0508. The van der Waals surface area contributed by atoms with Gasteiger partial charge >= 0.3 is 0 Å². The van der Waals surface area contributed by atoms with Crippen LogP contribution in [0.5, 0.6) is 0 Å². The van der Waals surface area contributed by atoms with Gasteiger partial charge < -0.3 is 4.42 Å². The molecule has 0 unspecified atom stereocenters. The van der Waals surface area contributed by atoms with Crippen LogP contribution in [0, 0.1) is 0 Å². The Morgan fingerprint density at radius 2 is 0.833 bits per heavy atom. The first-order valence-corrected chi connectivity index (χ1v) is 21.0. The van der Waals surface area contributed by atoms with E-state index < -0.39 is 0 Å². The maximum Gasteiger partial charge on any atom is 0.143 e. The number of hydrogen-bond donors (Lipinski definition) is 0. The lowest BCUT2D eigenvalue weighted by Gasteiger charge is -2.23. The van der Waals surface area contributed by atoms with Gasteiger partial charge in [-0.2, -0.15) is 0 Å². The van der Waals surface area contributed by atoms with E-state index in [0.717, 1.165) is 11.2 Å². The Hall–Kier alpha value is -7.48. The molecule has 60 heavy (non-hydrogen) atoms. The minimum Gasteiger partial charge on any atom is -0.455 e. The molecule has 0 fully saturated rings. The Balaban J connectivity index is 1.01. The highest BCUT2D eigenvalue weighted by Gasteiger charge is 2.37. The van der Waals surface area contributed by atoms with Crippen molar-refractivity contribution < 1.29 is 4.42 Å². The average Bonchev–Trinajstić information content (AvgIpc) is 3.79. The molecular formula is C59H38O. The summed E-state index contributed by atoms with van der Waals surface area (Å²) in [5.74, 6) is 0. The number of fused-ring (bicyclic) bond motifs is 13. The van der Waals surface area contributed by atoms with E-state index in [2.05, 4.69) is 202 Å². The molecule has 1 aliphatic rings. The highest BCUT2D eigenvalue weighted by Crippen LogP contribution is 2.54. The predicted octanol–water partition coefficient (Wildman–Crippen LogP) is 16.7. The average molecular weight is 763 g/mol. The Morgan fingerprint density at radius 1 is 0.333 bits per heavy atom. The molecule has 0 saturated carbocycles. The molecule has 1 heteroatoms. The second kappa shape index (κ2) is 12.3. The zero-order valence-corrected chi connectivity index (χ0v) is 33.4. The van der Waals surface area contributed by atoms with Crippen LogP contribution in [0.25, 0.3) is 120 Å². The van der Waals surface area contributed by atoms with Crippen molar-refractivity contribution in [1.82, 2.24) is 0 Å². The third-order valence-corrected chi connectivity index (χ3v) is 13.6. The van der Waals surface area contributed by atoms with Crippen molar-refractivity contribution in [2.45, 2.75) is 19.3 Å². The van der Waals surface area contributed by atoms with Crippen molar-refractivity contribution in [3.8, 4) is 44.5 Å². The van der Waals surface area contributed by atoms with Crippen LogP contribution in [0.4, 0.5) is 0 Å². The lowest BCUT2D eigenvalue weighted by Crippen LogP contribution is -2.15. The standard InChI is InChI=1S/C59H38O/c1-59(2)53-33-26-36(34-52(53)49-30-32-51-48(57(49)59)29-31-50-41-19-11-12-25-54(41)60-58(50)51)38-27-28-47(40-18-6-5-17-39(38)40)56-45-22-9-7-20-43(45)55(44-21-8-10-23-46(44)56)42-24-13-15-35-14-3-4-16-37(35)42/h3-34H,1-2H3.